The van der Waals surface area contributed by atoms with Crippen LogP contribution in [-0.2, 0) is 15.9 Å². The first kappa shape index (κ1) is 16.8. The summed E-state index contributed by atoms with van der Waals surface area (Å²) in [7, 11) is 0. The number of benzene rings is 1. The van der Waals surface area contributed by atoms with Gasteiger partial charge in [0, 0.05) is 44.3 Å². The quantitative estimate of drug-likeness (QED) is 0.817. The van der Waals surface area contributed by atoms with Crippen LogP contribution in [0.4, 0.5) is 8.78 Å². The number of rotatable bonds is 5. The number of nitrogens with two attached hydrogens (primary N) is 1. The third-order valence-corrected chi connectivity index (χ3v) is 4.62. The van der Waals surface area contributed by atoms with E-state index in [1.54, 1.807) is 0 Å². The van der Waals surface area contributed by atoms with Crippen LogP contribution in [0.2, 0.25) is 0 Å². The van der Waals surface area contributed by atoms with Crippen molar-refractivity contribution in [3.63, 3.8) is 0 Å². The van der Waals surface area contributed by atoms with Crippen LogP contribution in [0.1, 0.15) is 25.3 Å². The first-order valence-corrected chi connectivity index (χ1v) is 7.89. The van der Waals surface area contributed by atoms with E-state index in [2.05, 4.69) is 15.9 Å². The maximum atomic E-state index is 14.1. The molecule has 6 heteroatoms. The van der Waals surface area contributed by atoms with Gasteiger partial charge in [-0.1, -0.05) is 0 Å². The van der Waals surface area contributed by atoms with Gasteiger partial charge in [-0.05, 0) is 41.4 Å². The first-order valence-electron chi connectivity index (χ1n) is 7.10. The molecule has 0 bridgehead atoms. The molecule has 0 radical (unpaired) electrons. The van der Waals surface area contributed by atoms with Crippen molar-refractivity contribution in [3.05, 3.63) is 33.8 Å². The summed E-state index contributed by atoms with van der Waals surface area (Å²) >= 11 is 3.08. The van der Waals surface area contributed by atoms with Crippen LogP contribution in [0, 0.1) is 11.6 Å². The maximum absolute atomic E-state index is 14.1. The van der Waals surface area contributed by atoms with Crippen LogP contribution >= 0.6 is 15.9 Å². The lowest BCUT2D eigenvalue weighted by atomic mass is 9.83. The molecular formula is C15H20BrF2NO2. The normalized spacial score (nSPS) is 19.5. The van der Waals surface area contributed by atoms with E-state index in [1.807, 2.05) is 6.92 Å². The SMILES string of the molecule is CCOC1(C(N)Cc2c(F)ccc(Br)c2F)CCOCC1. The summed E-state index contributed by atoms with van der Waals surface area (Å²) < 4.78 is 39.4. The zero-order chi connectivity index (χ0) is 15.5. The fourth-order valence-corrected chi connectivity index (χ4v) is 3.16. The van der Waals surface area contributed by atoms with Gasteiger partial charge >= 0.3 is 0 Å². The molecule has 3 nitrogen and oxygen atoms in total. The highest BCUT2D eigenvalue weighted by Gasteiger charge is 2.40. The number of halogens is 3. The molecule has 1 aromatic rings. The Hall–Kier alpha value is -0.560. The Morgan fingerprint density at radius 3 is 2.67 bits per heavy atom. The Balaban J connectivity index is 2.23. The molecule has 0 spiro atoms. The fourth-order valence-electron chi connectivity index (χ4n) is 2.79. The lowest BCUT2D eigenvalue weighted by molar-refractivity contribution is -0.120. The van der Waals surface area contributed by atoms with Crippen LogP contribution in [0.25, 0.3) is 0 Å². The fraction of sp³-hybridized carbons (Fsp3) is 0.600. The molecule has 21 heavy (non-hydrogen) atoms. The molecule has 1 aliphatic rings. The summed E-state index contributed by atoms with van der Waals surface area (Å²) in [5, 5.41) is 0. The van der Waals surface area contributed by atoms with E-state index in [0.717, 1.165) is 0 Å². The number of hydrogen-bond acceptors (Lipinski definition) is 3. The van der Waals surface area contributed by atoms with Gasteiger partial charge in [0.2, 0.25) is 0 Å². The van der Waals surface area contributed by atoms with E-state index >= 15 is 0 Å². The summed E-state index contributed by atoms with van der Waals surface area (Å²) in [5.41, 5.74) is 5.69. The van der Waals surface area contributed by atoms with Crippen molar-refractivity contribution >= 4 is 15.9 Å². The molecule has 0 saturated carbocycles. The molecule has 2 N–H and O–H groups in total. The molecule has 1 saturated heterocycles. The Morgan fingerprint density at radius 1 is 1.38 bits per heavy atom. The Labute approximate surface area is 131 Å². The van der Waals surface area contributed by atoms with Gasteiger partial charge in [-0.3, -0.25) is 0 Å². The molecule has 0 aliphatic carbocycles. The van der Waals surface area contributed by atoms with Crippen molar-refractivity contribution in [3.8, 4) is 0 Å². The lowest BCUT2D eigenvalue weighted by Gasteiger charge is -2.41. The number of ether oxygens (including phenoxy) is 2. The summed E-state index contributed by atoms with van der Waals surface area (Å²) in [4.78, 5) is 0. The highest BCUT2D eigenvalue weighted by molar-refractivity contribution is 9.10. The van der Waals surface area contributed by atoms with Gasteiger partial charge in [-0.15, -0.1) is 0 Å². The Bertz CT molecular complexity index is 487. The van der Waals surface area contributed by atoms with E-state index in [9.17, 15) is 8.78 Å². The Kier molecular flexibility index (Phi) is 5.71. The van der Waals surface area contributed by atoms with Gasteiger partial charge in [-0.2, -0.15) is 0 Å². The zero-order valence-electron chi connectivity index (χ0n) is 12.0. The van der Waals surface area contributed by atoms with Gasteiger partial charge in [0.25, 0.3) is 0 Å². The minimum atomic E-state index is -0.593. The molecule has 1 aromatic carbocycles. The van der Waals surface area contributed by atoms with Gasteiger partial charge in [0.1, 0.15) is 11.6 Å². The maximum Gasteiger partial charge on any atom is 0.143 e. The molecule has 1 atom stereocenters. The van der Waals surface area contributed by atoms with Crippen molar-refractivity contribution in [2.45, 2.75) is 37.8 Å². The first-order chi connectivity index (χ1) is 10.00. The zero-order valence-corrected chi connectivity index (χ0v) is 13.6. The van der Waals surface area contributed by atoms with E-state index in [-0.39, 0.29) is 16.5 Å². The third kappa shape index (κ3) is 3.62. The van der Waals surface area contributed by atoms with Crippen molar-refractivity contribution in [2.75, 3.05) is 19.8 Å². The minimum absolute atomic E-state index is 0.00226. The van der Waals surface area contributed by atoms with Gasteiger partial charge in [-0.25, -0.2) is 8.78 Å². The lowest BCUT2D eigenvalue weighted by Crippen LogP contribution is -2.54. The van der Waals surface area contributed by atoms with Crippen LogP contribution < -0.4 is 5.73 Å². The monoisotopic (exact) mass is 363 g/mol. The summed E-state index contributed by atoms with van der Waals surface area (Å²) in [6.45, 7) is 3.51. The average molecular weight is 364 g/mol. The molecule has 1 heterocycles. The van der Waals surface area contributed by atoms with Crippen molar-refractivity contribution < 1.29 is 18.3 Å². The highest BCUT2D eigenvalue weighted by Crippen LogP contribution is 2.31. The second-order valence-corrected chi connectivity index (χ2v) is 6.10. The molecular weight excluding hydrogens is 344 g/mol. The average Bonchev–Trinajstić information content (AvgIpc) is 2.48. The topological polar surface area (TPSA) is 44.5 Å². The molecule has 1 aliphatic heterocycles. The van der Waals surface area contributed by atoms with E-state index in [4.69, 9.17) is 15.2 Å². The number of hydrogen-bond donors (Lipinski definition) is 1. The summed E-state index contributed by atoms with van der Waals surface area (Å²) in [6.07, 6.45) is 1.37. The highest BCUT2D eigenvalue weighted by atomic mass is 79.9. The molecule has 0 amide bonds. The Morgan fingerprint density at radius 2 is 2.05 bits per heavy atom. The van der Waals surface area contributed by atoms with Crippen molar-refractivity contribution in [1.82, 2.24) is 0 Å². The van der Waals surface area contributed by atoms with Crippen LogP contribution in [0.5, 0.6) is 0 Å². The predicted octanol–water partition coefficient (Wildman–Crippen LogP) is 3.18. The second-order valence-electron chi connectivity index (χ2n) is 5.24. The van der Waals surface area contributed by atoms with Crippen molar-refractivity contribution in [2.24, 2.45) is 5.73 Å². The minimum Gasteiger partial charge on any atom is -0.381 e. The molecule has 1 fully saturated rings. The third-order valence-electron chi connectivity index (χ3n) is 4.01. The van der Waals surface area contributed by atoms with Gasteiger partial charge in [0.15, 0.2) is 0 Å². The van der Waals surface area contributed by atoms with Crippen LogP contribution in [0.3, 0.4) is 0 Å². The van der Waals surface area contributed by atoms with E-state index < -0.39 is 23.3 Å². The van der Waals surface area contributed by atoms with E-state index in [1.165, 1.54) is 12.1 Å². The van der Waals surface area contributed by atoms with Gasteiger partial charge < -0.3 is 15.2 Å². The predicted molar refractivity (Wildman–Crippen MR) is 80.1 cm³/mol. The molecule has 2 rings (SSSR count). The smallest absolute Gasteiger partial charge is 0.143 e. The second kappa shape index (κ2) is 7.13. The largest absolute Gasteiger partial charge is 0.381 e. The van der Waals surface area contributed by atoms with Crippen LogP contribution in [-0.4, -0.2) is 31.5 Å². The molecule has 1 unspecified atom stereocenters. The van der Waals surface area contributed by atoms with Crippen molar-refractivity contribution in [1.29, 1.82) is 0 Å². The van der Waals surface area contributed by atoms with Gasteiger partial charge in [0.05, 0.1) is 10.1 Å². The molecule has 118 valence electrons. The summed E-state index contributed by atoms with van der Waals surface area (Å²) in [6, 6.07) is 2.11. The standard InChI is InChI=1S/C15H20BrF2NO2/c1-2-21-15(5-7-20-8-6-15)13(19)9-10-12(17)4-3-11(16)14(10)18/h3-4,13H,2,5-9,19H2,1H3. The molecule has 0 aromatic heterocycles. The van der Waals surface area contributed by atoms with E-state index in [0.29, 0.717) is 32.7 Å². The summed E-state index contributed by atoms with van der Waals surface area (Å²) in [5.74, 6) is -1.17. The van der Waals surface area contributed by atoms with Crippen LogP contribution in [0.15, 0.2) is 16.6 Å².